The monoisotopic (exact) mass is 863 g/mol. The predicted octanol–water partition coefficient (Wildman–Crippen LogP) is 16.8. The molecule has 0 rings (SSSR count). The van der Waals surface area contributed by atoms with Crippen molar-refractivity contribution in [2.75, 3.05) is 13.2 Å². The first kappa shape index (κ1) is 58.6. The summed E-state index contributed by atoms with van der Waals surface area (Å²) in [4.78, 5) is 37.7. The standard InChI is InChI=1S/C56H94O6/c1-4-7-10-13-16-18-20-22-24-25-26-27-28-29-30-31-33-34-36-38-40-43-46-49-55(58)61-52-53(51-60-54(57)48-45-42-15-12-9-6-3)62-56(59)50-47-44-41-39-37-35-32-23-21-19-17-14-11-8-5-2/h7-8,10-11,16-19,22-24,26-27,32,53H,4-6,9,12-15,20-21,25,28-31,33-52H2,1-3H3/b10-7-,11-8-,18-16-,19-17-,24-22-,27-26-,32-23-. The highest BCUT2D eigenvalue weighted by Crippen LogP contribution is 2.14. The van der Waals surface area contributed by atoms with Gasteiger partial charge in [-0.2, -0.15) is 0 Å². The van der Waals surface area contributed by atoms with Gasteiger partial charge in [0, 0.05) is 19.3 Å². The highest BCUT2D eigenvalue weighted by Gasteiger charge is 2.19. The Morgan fingerprint density at radius 1 is 0.339 bits per heavy atom. The fourth-order valence-electron chi connectivity index (χ4n) is 6.86. The fraction of sp³-hybridized carbons (Fsp3) is 0.696. The number of hydrogen-bond donors (Lipinski definition) is 0. The van der Waals surface area contributed by atoms with Gasteiger partial charge in [-0.25, -0.2) is 0 Å². The Labute approximate surface area is 382 Å². The molecule has 0 saturated heterocycles. The van der Waals surface area contributed by atoms with Crippen LogP contribution in [0, 0.1) is 0 Å². The average molecular weight is 863 g/mol. The number of rotatable bonds is 45. The Balaban J connectivity index is 4.20. The van der Waals surface area contributed by atoms with Crippen LogP contribution in [0.15, 0.2) is 85.1 Å². The van der Waals surface area contributed by atoms with E-state index in [0.29, 0.717) is 19.3 Å². The first-order chi connectivity index (χ1) is 30.5. The first-order valence-electron chi connectivity index (χ1n) is 25.6. The minimum atomic E-state index is -0.783. The molecule has 0 N–H and O–H groups in total. The van der Waals surface area contributed by atoms with Crippen LogP contribution in [0.5, 0.6) is 0 Å². The van der Waals surface area contributed by atoms with E-state index >= 15 is 0 Å². The summed E-state index contributed by atoms with van der Waals surface area (Å²) in [6.07, 6.45) is 64.5. The molecule has 0 saturated carbocycles. The molecule has 6 nitrogen and oxygen atoms in total. The van der Waals surface area contributed by atoms with Crippen LogP contribution in [0.4, 0.5) is 0 Å². The second-order valence-corrected chi connectivity index (χ2v) is 16.7. The highest BCUT2D eigenvalue weighted by atomic mass is 16.6. The molecule has 0 aromatic carbocycles. The van der Waals surface area contributed by atoms with Gasteiger partial charge in [0.15, 0.2) is 6.10 Å². The van der Waals surface area contributed by atoms with E-state index in [9.17, 15) is 14.4 Å². The summed E-state index contributed by atoms with van der Waals surface area (Å²) in [5.74, 6) is -0.918. The molecule has 1 atom stereocenters. The van der Waals surface area contributed by atoms with E-state index in [1.165, 1.54) is 70.6 Å². The zero-order valence-corrected chi connectivity index (χ0v) is 40.4. The summed E-state index contributed by atoms with van der Waals surface area (Å²) in [7, 11) is 0. The lowest BCUT2D eigenvalue weighted by Gasteiger charge is -2.18. The third-order valence-electron chi connectivity index (χ3n) is 10.6. The van der Waals surface area contributed by atoms with Gasteiger partial charge >= 0.3 is 17.9 Å². The Morgan fingerprint density at radius 3 is 0.984 bits per heavy atom. The molecule has 0 fully saturated rings. The summed E-state index contributed by atoms with van der Waals surface area (Å²) in [6.45, 7) is 6.33. The predicted molar refractivity (Wildman–Crippen MR) is 265 cm³/mol. The first-order valence-corrected chi connectivity index (χ1v) is 25.6. The van der Waals surface area contributed by atoms with Gasteiger partial charge < -0.3 is 14.2 Å². The van der Waals surface area contributed by atoms with Gasteiger partial charge in [0.05, 0.1) is 0 Å². The molecule has 0 aliphatic heterocycles. The van der Waals surface area contributed by atoms with Crippen LogP contribution in [0.2, 0.25) is 0 Å². The van der Waals surface area contributed by atoms with Crippen molar-refractivity contribution in [1.29, 1.82) is 0 Å². The molecule has 0 aromatic heterocycles. The smallest absolute Gasteiger partial charge is 0.306 e. The minimum absolute atomic E-state index is 0.0851. The van der Waals surface area contributed by atoms with Crippen LogP contribution in [0.3, 0.4) is 0 Å². The largest absolute Gasteiger partial charge is 0.462 e. The molecule has 0 aliphatic rings. The molecule has 6 heteroatoms. The lowest BCUT2D eigenvalue weighted by atomic mass is 10.1. The van der Waals surface area contributed by atoms with E-state index < -0.39 is 6.10 Å². The van der Waals surface area contributed by atoms with Crippen molar-refractivity contribution in [2.24, 2.45) is 0 Å². The number of esters is 3. The van der Waals surface area contributed by atoms with E-state index in [2.05, 4.69) is 106 Å². The van der Waals surface area contributed by atoms with E-state index in [1.807, 2.05) is 0 Å². The SMILES string of the molecule is CC/C=C\C/C=C\C/C=C\C/C=C\CCCCCCCCCCCCC(=O)OCC(COC(=O)CCCCCCCC)OC(=O)CCCCCCC/C=C\C/C=C\C/C=C\CC. The number of carbonyl (C=O) groups excluding carboxylic acids is 3. The maximum atomic E-state index is 12.7. The van der Waals surface area contributed by atoms with Gasteiger partial charge in [-0.1, -0.05) is 209 Å². The molecule has 1 unspecified atom stereocenters. The third-order valence-corrected chi connectivity index (χ3v) is 10.6. The van der Waals surface area contributed by atoms with Crippen LogP contribution >= 0.6 is 0 Å². The maximum Gasteiger partial charge on any atom is 0.306 e. The number of allylic oxidation sites excluding steroid dienone is 14. The van der Waals surface area contributed by atoms with Gasteiger partial charge in [0.25, 0.3) is 0 Å². The zero-order chi connectivity index (χ0) is 45.1. The van der Waals surface area contributed by atoms with Crippen molar-refractivity contribution in [1.82, 2.24) is 0 Å². The molecule has 0 amide bonds. The molecule has 62 heavy (non-hydrogen) atoms. The number of hydrogen-bond acceptors (Lipinski definition) is 6. The topological polar surface area (TPSA) is 78.9 Å². The zero-order valence-electron chi connectivity index (χ0n) is 40.4. The van der Waals surface area contributed by atoms with Crippen molar-refractivity contribution in [3.8, 4) is 0 Å². The van der Waals surface area contributed by atoms with Crippen molar-refractivity contribution in [3.05, 3.63) is 85.1 Å². The van der Waals surface area contributed by atoms with E-state index in [-0.39, 0.29) is 31.1 Å². The molecule has 0 heterocycles. The Hall–Kier alpha value is -3.41. The van der Waals surface area contributed by atoms with Crippen LogP contribution in [0.1, 0.15) is 233 Å². The van der Waals surface area contributed by atoms with Crippen molar-refractivity contribution in [3.63, 3.8) is 0 Å². The maximum absolute atomic E-state index is 12.7. The minimum Gasteiger partial charge on any atom is -0.462 e. The summed E-state index contributed by atoms with van der Waals surface area (Å²) in [5.41, 5.74) is 0. The summed E-state index contributed by atoms with van der Waals surface area (Å²) in [6, 6.07) is 0. The Bertz CT molecular complexity index is 1220. The van der Waals surface area contributed by atoms with E-state index in [1.54, 1.807) is 0 Å². The van der Waals surface area contributed by atoms with Gasteiger partial charge in [0.2, 0.25) is 0 Å². The molecule has 354 valence electrons. The molecule has 0 aliphatic carbocycles. The summed E-state index contributed by atoms with van der Waals surface area (Å²) >= 11 is 0. The molecule has 0 bridgehead atoms. The average Bonchev–Trinajstić information content (AvgIpc) is 3.27. The lowest BCUT2D eigenvalue weighted by molar-refractivity contribution is -0.167. The van der Waals surface area contributed by atoms with Gasteiger partial charge in [-0.3, -0.25) is 14.4 Å². The molecule has 0 aromatic rings. The third kappa shape index (κ3) is 47.6. The van der Waals surface area contributed by atoms with Crippen LogP contribution in [0.25, 0.3) is 0 Å². The normalized spacial score (nSPS) is 12.8. The van der Waals surface area contributed by atoms with Crippen molar-refractivity contribution >= 4 is 17.9 Å². The Kier molecular flexibility index (Phi) is 47.5. The number of ether oxygens (including phenoxy) is 3. The number of unbranched alkanes of at least 4 members (excludes halogenated alkanes) is 20. The highest BCUT2D eigenvalue weighted by molar-refractivity contribution is 5.71. The van der Waals surface area contributed by atoms with Crippen LogP contribution in [-0.4, -0.2) is 37.2 Å². The molecular weight excluding hydrogens is 769 g/mol. The van der Waals surface area contributed by atoms with E-state index in [4.69, 9.17) is 14.2 Å². The second-order valence-electron chi connectivity index (χ2n) is 16.7. The van der Waals surface area contributed by atoms with E-state index in [0.717, 1.165) is 122 Å². The summed E-state index contributed by atoms with van der Waals surface area (Å²) < 4.78 is 16.7. The van der Waals surface area contributed by atoms with Gasteiger partial charge in [-0.05, 0) is 89.9 Å². The second kappa shape index (κ2) is 50.2. The quantitative estimate of drug-likeness (QED) is 0.0263. The van der Waals surface area contributed by atoms with Crippen LogP contribution in [-0.2, 0) is 28.6 Å². The lowest BCUT2D eigenvalue weighted by Crippen LogP contribution is -2.30. The number of carbonyl (C=O) groups is 3. The summed E-state index contributed by atoms with van der Waals surface area (Å²) in [5, 5.41) is 0. The molecule has 0 spiro atoms. The van der Waals surface area contributed by atoms with Crippen LogP contribution < -0.4 is 0 Å². The van der Waals surface area contributed by atoms with Gasteiger partial charge in [-0.15, -0.1) is 0 Å². The Morgan fingerprint density at radius 2 is 0.629 bits per heavy atom. The van der Waals surface area contributed by atoms with Gasteiger partial charge in [0.1, 0.15) is 13.2 Å². The fourth-order valence-corrected chi connectivity index (χ4v) is 6.86. The van der Waals surface area contributed by atoms with Crippen molar-refractivity contribution < 1.29 is 28.6 Å². The van der Waals surface area contributed by atoms with Crippen molar-refractivity contribution in [2.45, 2.75) is 239 Å². The molecule has 0 radical (unpaired) electrons. The molecular formula is C56H94O6.